The van der Waals surface area contributed by atoms with Crippen molar-refractivity contribution >= 4 is 73.3 Å². The molecule has 2 amide bonds. The standard InChI is InChI=1S/C31H34Cl2IN3O4S/c1-42(40,41)37(27-16-14-25(34)15-17-27)21-30(38)36(20-23-12-13-24(32)19-28(23)33)29(18-22-8-4-2-5-9-22)31(39)35-26-10-6-3-7-11-26/h2,4-5,8-9,12-17,19,26,29H,3,6-7,10-11,18,20-21H2,1H3,(H,35,39)/t29-/m1/s1. The number of rotatable bonds is 11. The van der Waals surface area contributed by atoms with Gasteiger partial charge in [0.2, 0.25) is 21.8 Å². The molecule has 224 valence electrons. The number of carbonyl (C=O) groups excluding carboxylic acids is 2. The minimum Gasteiger partial charge on any atom is -0.352 e. The number of sulfonamides is 1. The topological polar surface area (TPSA) is 86.8 Å². The van der Waals surface area contributed by atoms with E-state index in [9.17, 15) is 18.0 Å². The van der Waals surface area contributed by atoms with Gasteiger partial charge in [0.05, 0.1) is 11.9 Å². The summed E-state index contributed by atoms with van der Waals surface area (Å²) in [6.45, 7) is -0.485. The summed E-state index contributed by atoms with van der Waals surface area (Å²) in [5.41, 5.74) is 1.83. The van der Waals surface area contributed by atoms with Crippen LogP contribution in [0.15, 0.2) is 72.8 Å². The molecule has 4 rings (SSSR count). The first-order valence-corrected chi connectivity index (χ1v) is 17.5. The quantitative estimate of drug-likeness (QED) is 0.229. The van der Waals surface area contributed by atoms with Crippen LogP contribution in [0.4, 0.5) is 5.69 Å². The fraction of sp³-hybridized carbons (Fsp3) is 0.355. The van der Waals surface area contributed by atoms with Crippen LogP contribution in [0.25, 0.3) is 0 Å². The monoisotopic (exact) mass is 741 g/mol. The maximum atomic E-state index is 14.2. The lowest BCUT2D eigenvalue weighted by Crippen LogP contribution is -2.55. The van der Waals surface area contributed by atoms with Crippen molar-refractivity contribution in [1.29, 1.82) is 0 Å². The lowest BCUT2D eigenvalue weighted by Gasteiger charge is -2.35. The third kappa shape index (κ3) is 9.08. The van der Waals surface area contributed by atoms with E-state index in [1.165, 1.54) is 4.90 Å². The molecule has 1 aliphatic rings. The van der Waals surface area contributed by atoms with Crippen molar-refractivity contribution < 1.29 is 18.0 Å². The van der Waals surface area contributed by atoms with Gasteiger partial charge in [-0.3, -0.25) is 13.9 Å². The van der Waals surface area contributed by atoms with Gasteiger partial charge >= 0.3 is 0 Å². The van der Waals surface area contributed by atoms with Gasteiger partial charge in [0, 0.05) is 32.6 Å². The van der Waals surface area contributed by atoms with E-state index in [0.717, 1.165) is 51.8 Å². The van der Waals surface area contributed by atoms with Gasteiger partial charge < -0.3 is 10.2 Å². The predicted octanol–water partition coefficient (Wildman–Crippen LogP) is 6.45. The summed E-state index contributed by atoms with van der Waals surface area (Å²) >= 11 is 14.8. The number of benzene rings is 3. The first-order chi connectivity index (χ1) is 20.0. The van der Waals surface area contributed by atoms with Crippen LogP contribution in [0.3, 0.4) is 0 Å². The molecule has 0 heterocycles. The molecule has 1 N–H and O–H groups in total. The van der Waals surface area contributed by atoms with Crippen molar-refractivity contribution in [2.24, 2.45) is 0 Å². The zero-order chi connectivity index (χ0) is 30.3. The van der Waals surface area contributed by atoms with Gasteiger partial charge in [-0.1, -0.05) is 78.9 Å². The number of carbonyl (C=O) groups is 2. The maximum Gasteiger partial charge on any atom is 0.244 e. The summed E-state index contributed by atoms with van der Waals surface area (Å²) in [6, 6.07) is 20.5. The Morgan fingerprint density at radius 1 is 0.976 bits per heavy atom. The second kappa shape index (κ2) is 14.9. The van der Waals surface area contributed by atoms with Crippen LogP contribution in [0.2, 0.25) is 10.0 Å². The SMILES string of the molecule is CS(=O)(=O)N(CC(=O)N(Cc1ccc(Cl)cc1Cl)[C@H](Cc1ccccc1)C(=O)NC1CCCCC1)c1ccc(I)cc1. The van der Waals surface area contributed by atoms with E-state index in [1.807, 2.05) is 30.3 Å². The minimum atomic E-state index is -3.83. The molecule has 0 unspecified atom stereocenters. The highest BCUT2D eigenvalue weighted by atomic mass is 127. The molecule has 3 aromatic carbocycles. The average molecular weight is 743 g/mol. The highest BCUT2D eigenvalue weighted by molar-refractivity contribution is 14.1. The Labute approximate surface area is 271 Å². The number of hydrogen-bond acceptors (Lipinski definition) is 4. The van der Waals surface area contributed by atoms with Crippen LogP contribution in [-0.4, -0.2) is 50.0 Å². The summed E-state index contributed by atoms with van der Waals surface area (Å²) in [4.78, 5) is 29.7. The number of nitrogens with one attached hydrogen (secondary N) is 1. The highest BCUT2D eigenvalue weighted by Crippen LogP contribution is 2.26. The van der Waals surface area contributed by atoms with Gasteiger partial charge in [-0.05, 0) is 83.0 Å². The molecule has 1 aliphatic carbocycles. The first kappa shape index (κ1) is 32.6. The lowest BCUT2D eigenvalue weighted by atomic mass is 9.94. The molecule has 1 saturated carbocycles. The van der Waals surface area contributed by atoms with E-state index in [4.69, 9.17) is 23.2 Å². The van der Waals surface area contributed by atoms with Crippen molar-refractivity contribution in [2.45, 2.75) is 57.2 Å². The second-order valence-electron chi connectivity index (χ2n) is 10.6. The van der Waals surface area contributed by atoms with E-state index in [0.29, 0.717) is 21.3 Å². The first-order valence-electron chi connectivity index (χ1n) is 13.8. The Kier molecular flexibility index (Phi) is 11.6. The summed E-state index contributed by atoms with van der Waals surface area (Å²) in [5, 5.41) is 3.98. The molecule has 0 spiro atoms. The summed E-state index contributed by atoms with van der Waals surface area (Å²) in [5.74, 6) is -0.797. The Morgan fingerprint density at radius 3 is 2.26 bits per heavy atom. The van der Waals surface area contributed by atoms with Crippen molar-refractivity contribution in [3.63, 3.8) is 0 Å². The molecule has 0 aromatic heterocycles. The molecule has 0 saturated heterocycles. The summed E-state index contributed by atoms with van der Waals surface area (Å²) < 4.78 is 27.8. The van der Waals surface area contributed by atoms with Gasteiger partial charge in [0.25, 0.3) is 0 Å². The lowest BCUT2D eigenvalue weighted by molar-refractivity contribution is -0.140. The molecule has 3 aromatic rings. The minimum absolute atomic E-state index is 0.00525. The summed E-state index contributed by atoms with van der Waals surface area (Å²) in [7, 11) is -3.83. The van der Waals surface area contributed by atoms with E-state index in [1.54, 1.807) is 42.5 Å². The summed E-state index contributed by atoms with van der Waals surface area (Å²) in [6.07, 6.45) is 6.30. The highest BCUT2D eigenvalue weighted by Gasteiger charge is 2.34. The fourth-order valence-corrected chi connectivity index (χ4v) is 6.83. The van der Waals surface area contributed by atoms with Crippen LogP contribution in [0, 0.1) is 3.57 Å². The largest absolute Gasteiger partial charge is 0.352 e. The molecule has 0 radical (unpaired) electrons. The second-order valence-corrected chi connectivity index (χ2v) is 14.5. The van der Waals surface area contributed by atoms with Gasteiger partial charge in [0.1, 0.15) is 12.6 Å². The molecular formula is C31H34Cl2IN3O4S. The van der Waals surface area contributed by atoms with E-state index < -0.39 is 28.5 Å². The molecule has 11 heteroatoms. The van der Waals surface area contributed by atoms with Crippen LogP contribution in [-0.2, 0) is 32.6 Å². The van der Waals surface area contributed by atoms with Crippen molar-refractivity contribution in [3.8, 4) is 0 Å². The van der Waals surface area contributed by atoms with E-state index in [-0.39, 0.29) is 24.9 Å². The zero-order valence-corrected chi connectivity index (χ0v) is 27.8. The predicted molar refractivity (Wildman–Crippen MR) is 177 cm³/mol. The molecule has 0 aliphatic heterocycles. The number of hydrogen-bond donors (Lipinski definition) is 1. The Hall–Kier alpha value is -2.34. The van der Waals surface area contributed by atoms with Crippen LogP contribution < -0.4 is 9.62 Å². The maximum absolute atomic E-state index is 14.2. The number of halogens is 3. The van der Waals surface area contributed by atoms with Gasteiger partial charge in [-0.2, -0.15) is 0 Å². The van der Waals surface area contributed by atoms with Crippen LogP contribution in [0.5, 0.6) is 0 Å². The molecule has 42 heavy (non-hydrogen) atoms. The van der Waals surface area contributed by atoms with Crippen molar-refractivity contribution in [1.82, 2.24) is 10.2 Å². The van der Waals surface area contributed by atoms with Gasteiger partial charge in [0.15, 0.2) is 0 Å². The van der Waals surface area contributed by atoms with Crippen LogP contribution in [0.1, 0.15) is 43.2 Å². The Balaban J connectivity index is 1.74. The van der Waals surface area contributed by atoms with Crippen molar-refractivity contribution in [2.75, 3.05) is 17.1 Å². The number of amides is 2. The third-order valence-corrected chi connectivity index (χ3v) is 9.82. The molecular weight excluding hydrogens is 708 g/mol. The molecule has 1 fully saturated rings. The third-order valence-electron chi connectivity index (χ3n) is 7.37. The molecule has 1 atom stereocenters. The normalized spacial score (nSPS) is 14.7. The van der Waals surface area contributed by atoms with Gasteiger partial charge in [-0.15, -0.1) is 0 Å². The zero-order valence-electron chi connectivity index (χ0n) is 23.3. The smallest absolute Gasteiger partial charge is 0.244 e. The van der Waals surface area contributed by atoms with E-state index in [2.05, 4.69) is 27.9 Å². The number of anilines is 1. The molecule has 0 bridgehead atoms. The van der Waals surface area contributed by atoms with E-state index >= 15 is 0 Å². The van der Waals surface area contributed by atoms with Gasteiger partial charge in [-0.25, -0.2) is 8.42 Å². The van der Waals surface area contributed by atoms with Crippen molar-refractivity contribution in [3.05, 3.63) is 97.5 Å². The molecule has 7 nitrogen and oxygen atoms in total. The number of nitrogens with zero attached hydrogens (tertiary/aromatic N) is 2. The Morgan fingerprint density at radius 2 is 1.64 bits per heavy atom. The fourth-order valence-electron chi connectivity index (χ4n) is 5.15. The Bertz CT molecular complexity index is 1480. The van der Waals surface area contributed by atoms with Crippen LogP contribution >= 0.6 is 45.8 Å². The average Bonchev–Trinajstić information content (AvgIpc) is 2.95.